The van der Waals surface area contributed by atoms with Crippen molar-refractivity contribution in [2.75, 3.05) is 44.1 Å². The molecule has 1 aromatic carbocycles. The van der Waals surface area contributed by atoms with Crippen LogP contribution in [-0.2, 0) is 10.0 Å². The van der Waals surface area contributed by atoms with E-state index in [0.717, 1.165) is 9.99 Å². The lowest BCUT2D eigenvalue weighted by atomic mass is 10.2. The molecule has 0 unspecified atom stereocenters. The summed E-state index contributed by atoms with van der Waals surface area (Å²) in [6.45, 7) is 0. The summed E-state index contributed by atoms with van der Waals surface area (Å²) in [7, 11) is 2.92. The van der Waals surface area contributed by atoms with Gasteiger partial charge in [-0.15, -0.1) is 0 Å². The standard InChI is InChI=1S/C14H19ClN6O2S/c1-20(2)9-5-6-11(12(7-9)24(22,23)21(3)4)18-13-10(15)8-17-14(16)19-13/h5-8H,1-4H3,(H3,16,17,18,19). The average molecular weight is 371 g/mol. The molecule has 0 amide bonds. The summed E-state index contributed by atoms with van der Waals surface area (Å²) in [5, 5.41) is 3.15. The lowest BCUT2D eigenvalue weighted by Gasteiger charge is -2.20. The number of rotatable bonds is 5. The van der Waals surface area contributed by atoms with Gasteiger partial charge >= 0.3 is 0 Å². The molecule has 130 valence electrons. The molecule has 0 aliphatic rings. The van der Waals surface area contributed by atoms with Gasteiger partial charge in [0.2, 0.25) is 16.0 Å². The number of nitrogen functional groups attached to an aromatic ring is 1. The zero-order chi connectivity index (χ0) is 18.1. The van der Waals surface area contributed by atoms with E-state index in [1.165, 1.54) is 20.3 Å². The van der Waals surface area contributed by atoms with Crippen LogP contribution in [0.5, 0.6) is 0 Å². The van der Waals surface area contributed by atoms with Crippen LogP contribution in [0.1, 0.15) is 0 Å². The maximum absolute atomic E-state index is 12.6. The number of hydrogen-bond donors (Lipinski definition) is 2. The molecule has 24 heavy (non-hydrogen) atoms. The molecule has 0 saturated heterocycles. The van der Waals surface area contributed by atoms with Gasteiger partial charge in [0.05, 0.1) is 11.9 Å². The van der Waals surface area contributed by atoms with E-state index in [2.05, 4.69) is 15.3 Å². The fraction of sp³-hybridized carbons (Fsp3) is 0.286. The molecule has 3 N–H and O–H groups in total. The summed E-state index contributed by atoms with van der Waals surface area (Å²) in [4.78, 5) is 9.69. The van der Waals surface area contributed by atoms with Crippen LogP contribution in [0.2, 0.25) is 5.02 Å². The second-order valence-corrected chi connectivity index (χ2v) is 7.94. The van der Waals surface area contributed by atoms with E-state index >= 15 is 0 Å². The molecule has 2 rings (SSSR count). The topological polar surface area (TPSA) is 104 Å². The Balaban J connectivity index is 2.59. The zero-order valence-corrected chi connectivity index (χ0v) is 15.4. The van der Waals surface area contributed by atoms with Crippen molar-refractivity contribution in [3.05, 3.63) is 29.4 Å². The molecule has 0 aliphatic heterocycles. The summed E-state index contributed by atoms with van der Waals surface area (Å²) < 4.78 is 26.4. The molecule has 0 fully saturated rings. The van der Waals surface area contributed by atoms with E-state index in [-0.39, 0.29) is 21.7 Å². The quantitative estimate of drug-likeness (QED) is 0.826. The smallest absolute Gasteiger partial charge is 0.244 e. The Morgan fingerprint density at radius 1 is 1.21 bits per heavy atom. The van der Waals surface area contributed by atoms with Crippen LogP contribution in [0.25, 0.3) is 0 Å². The van der Waals surface area contributed by atoms with E-state index in [1.807, 2.05) is 19.0 Å². The van der Waals surface area contributed by atoms with Crippen LogP contribution in [0.4, 0.5) is 23.1 Å². The minimum atomic E-state index is -3.68. The summed E-state index contributed by atoms with van der Waals surface area (Å²) in [5.74, 6) is 0.265. The molecule has 0 bridgehead atoms. The van der Waals surface area contributed by atoms with Crippen LogP contribution in [-0.4, -0.2) is 50.9 Å². The third-order valence-corrected chi connectivity index (χ3v) is 5.39. The molecular weight excluding hydrogens is 352 g/mol. The molecule has 0 spiro atoms. The van der Waals surface area contributed by atoms with Crippen LogP contribution >= 0.6 is 11.6 Å². The van der Waals surface area contributed by atoms with Crippen molar-refractivity contribution in [1.29, 1.82) is 0 Å². The lowest BCUT2D eigenvalue weighted by molar-refractivity contribution is 0.521. The highest BCUT2D eigenvalue weighted by Gasteiger charge is 2.23. The number of anilines is 4. The van der Waals surface area contributed by atoms with Crippen LogP contribution in [0, 0.1) is 0 Å². The van der Waals surface area contributed by atoms with E-state index < -0.39 is 10.0 Å². The van der Waals surface area contributed by atoms with Crippen molar-refractivity contribution >= 4 is 44.8 Å². The van der Waals surface area contributed by atoms with E-state index in [0.29, 0.717) is 5.69 Å². The summed E-state index contributed by atoms with van der Waals surface area (Å²) >= 11 is 6.05. The Labute approximate surface area is 146 Å². The summed E-state index contributed by atoms with van der Waals surface area (Å²) in [6, 6.07) is 5.02. The molecule has 1 heterocycles. The SMILES string of the molecule is CN(C)c1ccc(Nc2nc(N)ncc2Cl)c(S(=O)(=O)N(C)C)c1. The number of hydrogen-bond acceptors (Lipinski definition) is 7. The summed E-state index contributed by atoms with van der Waals surface area (Å²) in [5.41, 5.74) is 6.65. The number of nitrogens with two attached hydrogens (primary N) is 1. The van der Waals surface area contributed by atoms with Gasteiger partial charge in [-0.2, -0.15) is 4.98 Å². The van der Waals surface area contributed by atoms with Crippen molar-refractivity contribution in [3.63, 3.8) is 0 Å². The number of sulfonamides is 1. The van der Waals surface area contributed by atoms with E-state index in [4.69, 9.17) is 17.3 Å². The van der Waals surface area contributed by atoms with Gasteiger partial charge in [0.15, 0.2) is 5.82 Å². The zero-order valence-electron chi connectivity index (χ0n) is 13.8. The minimum Gasteiger partial charge on any atom is -0.378 e. The molecule has 10 heteroatoms. The van der Waals surface area contributed by atoms with Crippen molar-refractivity contribution in [2.45, 2.75) is 4.90 Å². The van der Waals surface area contributed by atoms with Gasteiger partial charge in [-0.25, -0.2) is 17.7 Å². The van der Waals surface area contributed by atoms with E-state index in [9.17, 15) is 8.42 Å². The maximum Gasteiger partial charge on any atom is 0.244 e. The van der Waals surface area contributed by atoms with Gasteiger partial charge in [-0.3, -0.25) is 0 Å². The fourth-order valence-corrected chi connectivity index (χ4v) is 3.10. The Morgan fingerprint density at radius 3 is 2.46 bits per heavy atom. The van der Waals surface area contributed by atoms with Gasteiger partial charge in [0.25, 0.3) is 0 Å². The summed E-state index contributed by atoms with van der Waals surface area (Å²) in [6.07, 6.45) is 1.35. The van der Waals surface area contributed by atoms with Crippen molar-refractivity contribution in [1.82, 2.24) is 14.3 Å². The predicted molar refractivity (Wildman–Crippen MR) is 96.4 cm³/mol. The number of nitrogens with zero attached hydrogens (tertiary/aromatic N) is 4. The van der Waals surface area contributed by atoms with Gasteiger partial charge < -0.3 is 16.0 Å². The number of nitrogens with one attached hydrogen (secondary N) is 1. The molecule has 1 aromatic heterocycles. The fourth-order valence-electron chi connectivity index (χ4n) is 1.90. The lowest BCUT2D eigenvalue weighted by Crippen LogP contribution is -2.23. The minimum absolute atomic E-state index is 0.0313. The van der Waals surface area contributed by atoms with Gasteiger partial charge in [0, 0.05) is 33.9 Å². The first-order valence-electron chi connectivity index (χ1n) is 6.92. The monoisotopic (exact) mass is 370 g/mol. The Bertz CT molecular complexity index is 854. The maximum atomic E-state index is 12.6. The number of benzene rings is 1. The van der Waals surface area contributed by atoms with Gasteiger partial charge in [0.1, 0.15) is 9.92 Å². The second-order valence-electron chi connectivity index (χ2n) is 5.41. The molecule has 0 saturated carbocycles. The highest BCUT2D eigenvalue weighted by Crippen LogP contribution is 2.32. The molecule has 0 atom stereocenters. The third kappa shape index (κ3) is 3.69. The molecule has 8 nitrogen and oxygen atoms in total. The number of halogens is 1. The van der Waals surface area contributed by atoms with Crippen molar-refractivity contribution in [2.24, 2.45) is 0 Å². The first-order valence-corrected chi connectivity index (χ1v) is 8.73. The first kappa shape index (κ1) is 18.2. The predicted octanol–water partition coefficient (Wildman–Crippen LogP) is 1.77. The van der Waals surface area contributed by atoms with Crippen molar-refractivity contribution < 1.29 is 8.42 Å². The van der Waals surface area contributed by atoms with Crippen molar-refractivity contribution in [3.8, 4) is 0 Å². The van der Waals surface area contributed by atoms with Gasteiger partial charge in [-0.1, -0.05) is 11.6 Å². The Morgan fingerprint density at radius 2 is 1.88 bits per heavy atom. The van der Waals surface area contributed by atoms with Gasteiger partial charge in [-0.05, 0) is 18.2 Å². The molecule has 0 radical (unpaired) electrons. The third-order valence-electron chi connectivity index (χ3n) is 3.26. The largest absolute Gasteiger partial charge is 0.378 e. The Kier molecular flexibility index (Phi) is 5.16. The van der Waals surface area contributed by atoms with Crippen LogP contribution < -0.4 is 16.0 Å². The van der Waals surface area contributed by atoms with E-state index in [1.54, 1.807) is 18.2 Å². The normalized spacial score (nSPS) is 11.6. The first-order chi connectivity index (χ1) is 11.1. The molecular formula is C14H19ClN6O2S. The van der Waals surface area contributed by atoms with Crippen LogP contribution in [0.3, 0.4) is 0 Å². The molecule has 2 aromatic rings. The average Bonchev–Trinajstić information content (AvgIpc) is 2.50. The van der Waals surface area contributed by atoms with Crippen LogP contribution in [0.15, 0.2) is 29.3 Å². The highest BCUT2D eigenvalue weighted by atomic mass is 35.5. The second kappa shape index (κ2) is 6.80. The molecule has 0 aliphatic carbocycles. The number of aromatic nitrogens is 2. The Hall–Kier alpha value is -2.10. The highest BCUT2D eigenvalue weighted by molar-refractivity contribution is 7.89.